The Morgan fingerprint density at radius 2 is 0.716 bits per heavy atom. The second-order valence-corrected chi connectivity index (χ2v) is 19.0. The van der Waals surface area contributed by atoms with Gasteiger partial charge in [-0.2, -0.15) is 0 Å². The van der Waals surface area contributed by atoms with Gasteiger partial charge in [0.15, 0.2) is 0 Å². The number of rotatable bonds is 8. The largest absolute Gasteiger partial charge is 0.311 e. The first-order valence-corrected chi connectivity index (χ1v) is 25.5. The van der Waals surface area contributed by atoms with Crippen LogP contribution in [0.15, 0.2) is 291 Å². The van der Waals surface area contributed by atoms with Crippen LogP contribution in [-0.2, 0) is 0 Å². The van der Waals surface area contributed by atoms with E-state index < -0.39 is 0 Å². The molecular formula is C68H48BClN4. The lowest BCUT2D eigenvalue weighted by Crippen LogP contribution is -2.61. The topological polar surface area (TPSA) is 13.0 Å². The molecule has 12 aromatic rings. The highest BCUT2D eigenvalue weighted by Gasteiger charge is 2.43. The Morgan fingerprint density at radius 3 is 1.31 bits per heavy atom. The van der Waals surface area contributed by atoms with Crippen molar-refractivity contribution in [3.05, 3.63) is 296 Å². The molecule has 0 fully saturated rings. The van der Waals surface area contributed by atoms with Gasteiger partial charge >= 0.3 is 0 Å². The number of hydrogen-bond donors (Lipinski definition) is 0. The first kappa shape index (κ1) is 44.6. The van der Waals surface area contributed by atoms with Crippen molar-refractivity contribution >= 4 is 124 Å². The highest BCUT2D eigenvalue weighted by Crippen LogP contribution is 2.48. The number of benzene rings is 12. The van der Waals surface area contributed by atoms with Crippen LogP contribution in [0.3, 0.4) is 0 Å². The molecule has 350 valence electrons. The number of nitrogens with zero attached hydrogens (tertiary/aromatic N) is 4. The highest BCUT2D eigenvalue weighted by atomic mass is 35.5. The summed E-state index contributed by atoms with van der Waals surface area (Å²) in [5, 5.41) is 5.65. The summed E-state index contributed by atoms with van der Waals surface area (Å²) in [5.41, 5.74) is 17.4. The molecule has 0 N–H and O–H groups in total. The van der Waals surface area contributed by atoms with Crippen LogP contribution >= 0.6 is 11.6 Å². The summed E-state index contributed by atoms with van der Waals surface area (Å²) in [6.07, 6.45) is 0. The Morgan fingerprint density at radius 1 is 0.297 bits per heavy atom. The van der Waals surface area contributed by atoms with Crippen LogP contribution in [0.4, 0.5) is 68.2 Å². The second kappa shape index (κ2) is 19.4. The van der Waals surface area contributed by atoms with Crippen LogP contribution in [0, 0.1) is 0 Å². The van der Waals surface area contributed by atoms with Crippen LogP contribution in [0.25, 0.3) is 21.5 Å². The van der Waals surface area contributed by atoms with Crippen molar-refractivity contribution in [2.45, 2.75) is 0 Å². The van der Waals surface area contributed by atoms with Crippen molar-refractivity contribution in [3.8, 4) is 0 Å². The van der Waals surface area contributed by atoms with Gasteiger partial charge in [0.1, 0.15) is 0 Å². The molecule has 2 heterocycles. The molecule has 0 aliphatic carbocycles. The van der Waals surface area contributed by atoms with E-state index in [2.05, 4.69) is 268 Å². The van der Waals surface area contributed by atoms with Gasteiger partial charge in [0.2, 0.25) is 0 Å². The monoisotopic (exact) mass is 966 g/mol. The van der Waals surface area contributed by atoms with Gasteiger partial charge in [0, 0.05) is 56.9 Å². The van der Waals surface area contributed by atoms with Crippen LogP contribution < -0.4 is 36.0 Å². The number of halogens is 1. The maximum absolute atomic E-state index is 7.33. The first-order chi connectivity index (χ1) is 36.7. The molecule has 2 aliphatic rings. The average molecular weight is 967 g/mol. The minimum absolute atomic E-state index is 0.142. The van der Waals surface area contributed by atoms with Crippen LogP contribution in [-0.4, -0.2) is 6.71 Å². The van der Waals surface area contributed by atoms with Crippen molar-refractivity contribution < 1.29 is 0 Å². The molecule has 0 aromatic heterocycles. The maximum atomic E-state index is 7.33. The fourth-order valence-corrected chi connectivity index (χ4v) is 11.4. The van der Waals surface area contributed by atoms with Crippen molar-refractivity contribution in [3.63, 3.8) is 0 Å². The third-order valence-electron chi connectivity index (χ3n) is 14.3. The second-order valence-electron chi connectivity index (χ2n) is 18.6. The van der Waals surface area contributed by atoms with E-state index in [4.69, 9.17) is 11.6 Å². The predicted octanol–water partition coefficient (Wildman–Crippen LogP) is 17.4. The van der Waals surface area contributed by atoms with Crippen molar-refractivity contribution in [1.82, 2.24) is 0 Å². The van der Waals surface area contributed by atoms with E-state index in [0.29, 0.717) is 5.02 Å². The molecule has 0 unspecified atom stereocenters. The zero-order valence-corrected chi connectivity index (χ0v) is 41.2. The molecule has 0 saturated heterocycles. The van der Waals surface area contributed by atoms with E-state index in [0.717, 1.165) is 34.1 Å². The molecule has 0 bridgehead atoms. The van der Waals surface area contributed by atoms with E-state index in [1.54, 1.807) is 0 Å². The van der Waals surface area contributed by atoms with Gasteiger partial charge in [-0.1, -0.05) is 194 Å². The smallest absolute Gasteiger partial charge is 0.252 e. The lowest BCUT2D eigenvalue weighted by Gasteiger charge is -2.44. The Labute approximate surface area is 437 Å². The van der Waals surface area contributed by atoms with Crippen LogP contribution in [0.2, 0.25) is 5.02 Å². The minimum Gasteiger partial charge on any atom is -0.311 e. The van der Waals surface area contributed by atoms with Gasteiger partial charge in [-0.05, 0) is 147 Å². The minimum atomic E-state index is 0.142. The van der Waals surface area contributed by atoms with E-state index in [-0.39, 0.29) is 6.71 Å². The van der Waals surface area contributed by atoms with Gasteiger partial charge in [0.05, 0.1) is 16.4 Å². The summed E-state index contributed by atoms with van der Waals surface area (Å²) in [4.78, 5) is 9.32. The third-order valence-corrected chi connectivity index (χ3v) is 14.7. The number of para-hydroxylation sites is 6. The normalized spacial score (nSPS) is 12.0. The molecule has 4 nitrogen and oxygen atoms in total. The number of hydrogen-bond acceptors (Lipinski definition) is 4. The molecule has 6 heteroatoms. The van der Waals surface area contributed by atoms with Crippen molar-refractivity contribution in [1.29, 1.82) is 0 Å². The molecule has 0 saturated carbocycles. The fourth-order valence-electron chi connectivity index (χ4n) is 11.1. The van der Waals surface area contributed by atoms with Gasteiger partial charge in [-0.3, -0.25) is 0 Å². The molecule has 0 amide bonds. The van der Waals surface area contributed by atoms with Crippen molar-refractivity contribution in [2.24, 2.45) is 0 Å². The van der Waals surface area contributed by atoms with Crippen LogP contribution in [0.1, 0.15) is 0 Å². The molecule has 14 rings (SSSR count). The molecule has 0 spiro atoms. The average Bonchev–Trinajstić information content (AvgIpc) is 3.48. The summed E-state index contributed by atoms with van der Waals surface area (Å²) in [6.45, 7) is 0.142. The fraction of sp³-hybridized carbons (Fsp3) is 0. The van der Waals surface area contributed by atoms with Crippen LogP contribution in [0.5, 0.6) is 0 Å². The molecule has 0 atom stereocenters. The molecular weight excluding hydrogens is 919 g/mol. The Kier molecular flexibility index (Phi) is 11.7. The summed E-state index contributed by atoms with van der Waals surface area (Å²) >= 11 is 7.33. The van der Waals surface area contributed by atoms with E-state index in [9.17, 15) is 0 Å². The maximum Gasteiger partial charge on any atom is 0.252 e. The van der Waals surface area contributed by atoms with Crippen molar-refractivity contribution in [2.75, 3.05) is 19.6 Å². The van der Waals surface area contributed by atoms with Gasteiger partial charge in [-0.15, -0.1) is 0 Å². The SMILES string of the molecule is Clc1c(N(c2ccccc2)c2ccccc2)cccc1N(c1ccccc1)c1ccc2ccccc2c1.c1ccc(N2c3ccccc3B3c4c2cccc4N(c2ccccc2)c2ccc4ccccc4c23)cc1. The lowest BCUT2D eigenvalue weighted by atomic mass is 9.33. The Hall–Kier alpha value is -9.29. The lowest BCUT2D eigenvalue weighted by molar-refractivity contribution is 1.25. The van der Waals surface area contributed by atoms with E-state index in [1.165, 1.54) is 72.1 Å². The quantitative estimate of drug-likeness (QED) is 0.141. The standard InChI is InChI=1S/C34H23BN2.C34H25ClN2/c1-3-13-25(14-4-1)36-29-19-10-9-18-28(29)35-33-27-17-8-7-12-24(27)22-23-32(33)37(26-15-5-2-6-16-26)31-21-11-20-30(36)34(31)35;35-34-32(36(28-15-4-1-5-16-28)29-17-6-2-7-18-29)21-12-22-33(34)37(30-19-8-3-9-20-30)31-24-23-26-13-10-11-14-27(26)25-31/h1-23H;1-25H. The predicted molar refractivity (Wildman–Crippen MR) is 316 cm³/mol. The van der Waals surface area contributed by atoms with E-state index >= 15 is 0 Å². The first-order valence-electron chi connectivity index (χ1n) is 25.2. The molecule has 74 heavy (non-hydrogen) atoms. The van der Waals surface area contributed by atoms with Gasteiger partial charge in [0.25, 0.3) is 6.71 Å². The molecule has 12 aromatic carbocycles. The number of fused-ring (bicyclic) bond motifs is 7. The zero-order valence-electron chi connectivity index (χ0n) is 40.5. The Balaban J connectivity index is 0.000000143. The number of anilines is 12. The summed E-state index contributed by atoms with van der Waals surface area (Å²) in [5.74, 6) is 0. The summed E-state index contributed by atoms with van der Waals surface area (Å²) in [7, 11) is 0. The van der Waals surface area contributed by atoms with Gasteiger partial charge < -0.3 is 19.6 Å². The molecule has 2 aliphatic heterocycles. The zero-order chi connectivity index (χ0) is 49.4. The van der Waals surface area contributed by atoms with E-state index in [1.807, 2.05) is 42.5 Å². The van der Waals surface area contributed by atoms with Gasteiger partial charge in [-0.25, -0.2) is 0 Å². The Bertz CT molecular complexity index is 3900. The summed E-state index contributed by atoms with van der Waals surface area (Å²) < 4.78 is 0. The molecule has 0 radical (unpaired) electrons. The summed E-state index contributed by atoms with van der Waals surface area (Å²) in [6, 6.07) is 103. The third kappa shape index (κ3) is 7.92. The highest BCUT2D eigenvalue weighted by molar-refractivity contribution is 7.01.